The third kappa shape index (κ3) is 3.33. The highest BCUT2D eigenvalue weighted by molar-refractivity contribution is 7.71. The van der Waals surface area contributed by atoms with Gasteiger partial charge in [0, 0.05) is 19.0 Å². The van der Waals surface area contributed by atoms with E-state index >= 15 is 0 Å². The maximum atomic E-state index is 13.4. The maximum absolute atomic E-state index is 13.4. The summed E-state index contributed by atoms with van der Waals surface area (Å²) in [5, 5.41) is 12.1. The summed E-state index contributed by atoms with van der Waals surface area (Å²) in [5.41, 5.74) is 0.153. The van der Waals surface area contributed by atoms with E-state index in [1.54, 1.807) is 12.1 Å². The second-order valence-corrected chi connectivity index (χ2v) is 5.54. The fourth-order valence-corrected chi connectivity index (χ4v) is 2.54. The van der Waals surface area contributed by atoms with Crippen LogP contribution in [0.15, 0.2) is 24.3 Å². The number of H-pyrrole nitrogens is 1. The van der Waals surface area contributed by atoms with E-state index in [0.29, 0.717) is 23.8 Å². The van der Waals surface area contributed by atoms with Gasteiger partial charge in [0.25, 0.3) is 0 Å². The van der Waals surface area contributed by atoms with Crippen molar-refractivity contribution in [2.45, 2.75) is 25.3 Å². The summed E-state index contributed by atoms with van der Waals surface area (Å²) < 4.78 is 16.0. The Kier molecular flexibility index (Phi) is 4.19. The molecule has 0 bridgehead atoms. The standard InChI is InChI=1S/C14H16FN5OS/c15-10-3-1-2-4-11(10)17-13(21)16-8-7-12-18-19-14(22)20(12)9-5-6-9/h1-4,9H,5-8H2,(H,19,22)(H2,16,17,21). The number of halogens is 1. The molecule has 3 rings (SSSR count). The van der Waals surface area contributed by atoms with E-state index in [-0.39, 0.29) is 5.69 Å². The highest BCUT2D eigenvalue weighted by Gasteiger charge is 2.26. The summed E-state index contributed by atoms with van der Waals surface area (Å²) in [6.45, 7) is 0.395. The second kappa shape index (κ2) is 6.27. The Bertz CT molecular complexity index is 737. The van der Waals surface area contributed by atoms with Crippen molar-refractivity contribution in [1.82, 2.24) is 20.1 Å². The van der Waals surface area contributed by atoms with Crippen LogP contribution in [-0.4, -0.2) is 27.3 Å². The Balaban J connectivity index is 1.52. The molecule has 22 heavy (non-hydrogen) atoms. The number of hydrogen-bond acceptors (Lipinski definition) is 3. The normalized spacial score (nSPS) is 13.9. The number of anilines is 1. The summed E-state index contributed by atoms with van der Waals surface area (Å²) in [6.07, 6.45) is 2.79. The van der Waals surface area contributed by atoms with Gasteiger partial charge in [0.15, 0.2) is 4.77 Å². The number of nitrogens with one attached hydrogen (secondary N) is 3. The number of urea groups is 1. The summed E-state index contributed by atoms with van der Waals surface area (Å²) in [6, 6.07) is 6.02. The molecule has 1 aromatic carbocycles. The Morgan fingerprint density at radius 2 is 2.23 bits per heavy atom. The van der Waals surface area contributed by atoms with Crippen molar-refractivity contribution in [2.24, 2.45) is 0 Å². The maximum Gasteiger partial charge on any atom is 0.319 e. The first-order chi connectivity index (χ1) is 10.6. The quantitative estimate of drug-likeness (QED) is 0.741. The summed E-state index contributed by atoms with van der Waals surface area (Å²) >= 11 is 5.20. The van der Waals surface area contributed by atoms with Crippen LogP contribution < -0.4 is 10.6 Å². The van der Waals surface area contributed by atoms with E-state index in [2.05, 4.69) is 20.8 Å². The molecule has 1 saturated carbocycles. The van der Waals surface area contributed by atoms with Gasteiger partial charge in [0.2, 0.25) is 0 Å². The van der Waals surface area contributed by atoms with Gasteiger partial charge in [-0.15, -0.1) is 0 Å². The molecule has 8 heteroatoms. The van der Waals surface area contributed by atoms with Crippen molar-refractivity contribution in [3.63, 3.8) is 0 Å². The molecule has 0 atom stereocenters. The van der Waals surface area contributed by atoms with Crippen molar-refractivity contribution in [1.29, 1.82) is 0 Å². The molecule has 1 aromatic heterocycles. The fraction of sp³-hybridized carbons (Fsp3) is 0.357. The molecule has 0 saturated heterocycles. The number of rotatable bonds is 5. The van der Waals surface area contributed by atoms with Gasteiger partial charge in [-0.2, -0.15) is 5.10 Å². The molecular weight excluding hydrogens is 305 g/mol. The molecule has 0 radical (unpaired) electrons. The lowest BCUT2D eigenvalue weighted by Gasteiger charge is -2.08. The van der Waals surface area contributed by atoms with Crippen LogP contribution in [0, 0.1) is 10.6 Å². The predicted octanol–water partition coefficient (Wildman–Crippen LogP) is 2.78. The van der Waals surface area contributed by atoms with E-state index in [1.807, 2.05) is 4.57 Å². The molecule has 6 nitrogen and oxygen atoms in total. The molecule has 1 heterocycles. The van der Waals surface area contributed by atoms with Crippen LogP contribution in [0.5, 0.6) is 0 Å². The highest BCUT2D eigenvalue weighted by atomic mass is 32.1. The molecule has 116 valence electrons. The number of aromatic amines is 1. The predicted molar refractivity (Wildman–Crippen MR) is 82.8 cm³/mol. The van der Waals surface area contributed by atoms with E-state index in [0.717, 1.165) is 18.7 Å². The van der Waals surface area contributed by atoms with Crippen molar-refractivity contribution in [3.05, 3.63) is 40.7 Å². The molecule has 1 aliphatic carbocycles. The zero-order valence-corrected chi connectivity index (χ0v) is 12.6. The van der Waals surface area contributed by atoms with Crippen LogP contribution in [-0.2, 0) is 6.42 Å². The Morgan fingerprint density at radius 3 is 2.95 bits per heavy atom. The van der Waals surface area contributed by atoms with Gasteiger partial charge < -0.3 is 15.2 Å². The van der Waals surface area contributed by atoms with Gasteiger partial charge in [0.05, 0.1) is 5.69 Å². The molecule has 1 fully saturated rings. The lowest BCUT2D eigenvalue weighted by atomic mass is 10.3. The number of carbonyl (C=O) groups is 1. The summed E-state index contributed by atoms with van der Waals surface area (Å²) in [4.78, 5) is 11.7. The summed E-state index contributed by atoms with van der Waals surface area (Å²) in [7, 11) is 0. The molecule has 0 unspecified atom stereocenters. The molecule has 0 spiro atoms. The van der Waals surface area contributed by atoms with Crippen molar-refractivity contribution in [3.8, 4) is 0 Å². The number of amides is 2. The van der Waals surface area contributed by atoms with Gasteiger partial charge in [-0.3, -0.25) is 5.10 Å². The second-order valence-electron chi connectivity index (χ2n) is 5.16. The highest BCUT2D eigenvalue weighted by Crippen LogP contribution is 2.35. The lowest BCUT2D eigenvalue weighted by molar-refractivity contribution is 0.252. The Hall–Kier alpha value is -2.22. The molecule has 2 aromatic rings. The average molecular weight is 321 g/mol. The monoisotopic (exact) mass is 321 g/mol. The molecule has 0 aliphatic heterocycles. The minimum atomic E-state index is -0.465. The van der Waals surface area contributed by atoms with Crippen molar-refractivity contribution >= 4 is 23.9 Å². The lowest BCUT2D eigenvalue weighted by Crippen LogP contribution is -2.31. The number of carbonyl (C=O) groups excluding carboxylic acids is 1. The topological polar surface area (TPSA) is 74.7 Å². The third-order valence-electron chi connectivity index (χ3n) is 3.45. The zero-order chi connectivity index (χ0) is 15.5. The Morgan fingerprint density at radius 1 is 1.45 bits per heavy atom. The van der Waals surface area contributed by atoms with Gasteiger partial charge in [0.1, 0.15) is 11.6 Å². The first-order valence-electron chi connectivity index (χ1n) is 7.10. The van der Waals surface area contributed by atoms with Gasteiger partial charge >= 0.3 is 6.03 Å². The molecule has 2 amide bonds. The van der Waals surface area contributed by atoms with Crippen LogP contribution in [0.25, 0.3) is 0 Å². The van der Waals surface area contributed by atoms with Crippen LogP contribution in [0.2, 0.25) is 0 Å². The van der Waals surface area contributed by atoms with Crippen LogP contribution in [0.4, 0.5) is 14.9 Å². The van der Waals surface area contributed by atoms with Gasteiger partial charge in [-0.1, -0.05) is 12.1 Å². The van der Waals surface area contributed by atoms with E-state index < -0.39 is 11.8 Å². The van der Waals surface area contributed by atoms with E-state index in [4.69, 9.17) is 12.2 Å². The summed E-state index contributed by atoms with van der Waals surface area (Å²) in [5.74, 6) is 0.367. The number of aromatic nitrogens is 3. The van der Waals surface area contributed by atoms with Crippen LogP contribution in [0.3, 0.4) is 0 Å². The largest absolute Gasteiger partial charge is 0.337 e. The van der Waals surface area contributed by atoms with E-state index in [1.165, 1.54) is 12.1 Å². The zero-order valence-electron chi connectivity index (χ0n) is 11.8. The molecule has 3 N–H and O–H groups in total. The average Bonchev–Trinajstić information content (AvgIpc) is 3.26. The van der Waals surface area contributed by atoms with Crippen LogP contribution >= 0.6 is 12.2 Å². The van der Waals surface area contributed by atoms with Crippen molar-refractivity contribution < 1.29 is 9.18 Å². The number of nitrogens with zero attached hydrogens (tertiary/aromatic N) is 2. The van der Waals surface area contributed by atoms with Gasteiger partial charge in [-0.25, -0.2) is 9.18 Å². The molecule has 1 aliphatic rings. The van der Waals surface area contributed by atoms with Crippen molar-refractivity contribution in [2.75, 3.05) is 11.9 Å². The van der Waals surface area contributed by atoms with Gasteiger partial charge in [-0.05, 0) is 37.2 Å². The SMILES string of the molecule is O=C(NCCc1n[nH]c(=S)n1C1CC1)Nc1ccccc1F. The fourth-order valence-electron chi connectivity index (χ4n) is 2.24. The molecular formula is C14H16FN5OS. The first-order valence-corrected chi connectivity index (χ1v) is 7.51. The minimum Gasteiger partial charge on any atom is -0.337 e. The number of para-hydroxylation sites is 1. The third-order valence-corrected chi connectivity index (χ3v) is 3.73. The smallest absolute Gasteiger partial charge is 0.319 e. The number of hydrogen-bond donors (Lipinski definition) is 3. The van der Waals surface area contributed by atoms with E-state index in [9.17, 15) is 9.18 Å². The first kappa shape index (κ1) is 14.7. The minimum absolute atomic E-state index is 0.153. The number of benzene rings is 1. The van der Waals surface area contributed by atoms with Crippen LogP contribution in [0.1, 0.15) is 24.7 Å². The Labute approximate surface area is 131 Å².